The van der Waals surface area contributed by atoms with E-state index in [-0.39, 0.29) is 5.97 Å². The van der Waals surface area contributed by atoms with Gasteiger partial charge in [-0.1, -0.05) is 48.0 Å². The molecule has 1 heterocycles. The van der Waals surface area contributed by atoms with Crippen molar-refractivity contribution in [2.75, 3.05) is 0 Å². The fourth-order valence-corrected chi connectivity index (χ4v) is 1.92. The zero-order valence-electron chi connectivity index (χ0n) is 9.84. The van der Waals surface area contributed by atoms with Gasteiger partial charge < -0.3 is 4.74 Å². The summed E-state index contributed by atoms with van der Waals surface area (Å²) in [4.78, 5) is 15.2. The van der Waals surface area contributed by atoms with Gasteiger partial charge in [0.1, 0.15) is 5.15 Å². The molecule has 0 amide bonds. The molecule has 3 nitrogen and oxygen atoms in total. The molecule has 0 spiro atoms. The van der Waals surface area contributed by atoms with E-state index >= 15 is 0 Å². The van der Waals surface area contributed by atoms with Gasteiger partial charge in [0.25, 0.3) is 0 Å². The Morgan fingerprint density at radius 3 is 2.56 bits per heavy atom. The lowest BCUT2D eigenvalue weighted by Crippen LogP contribution is -2.10. The SMILES string of the molecule is CC(=O)OC(c1ccccc1)c1cccnc1Cl. The molecule has 0 fully saturated rings. The molecule has 0 N–H and O–H groups in total. The zero-order chi connectivity index (χ0) is 13.0. The van der Waals surface area contributed by atoms with Crippen LogP contribution in [0, 0.1) is 0 Å². The first-order valence-corrected chi connectivity index (χ1v) is 5.89. The van der Waals surface area contributed by atoms with Crippen molar-refractivity contribution in [1.29, 1.82) is 0 Å². The predicted molar refractivity (Wildman–Crippen MR) is 69.3 cm³/mol. The lowest BCUT2D eigenvalue weighted by Gasteiger charge is -2.18. The van der Waals surface area contributed by atoms with Crippen LogP contribution in [0.25, 0.3) is 0 Å². The summed E-state index contributed by atoms with van der Waals surface area (Å²) in [5.74, 6) is -0.358. The molecule has 1 atom stereocenters. The van der Waals surface area contributed by atoms with Crippen LogP contribution >= 0.6 is 11.6 Å². The molecule has 0 saturated heterocycles. The first-order valence-electron chi connectivity index (χ1n) is 5.51. The van der Waals surface area contributed by atoms with Crippen LogP contribution < -0.4 is 0 Å². The van der Waals surface area contributed by atoms with Crippen molar-refractivity contribution in [3.05, 3.63) is 64.9 Å². The predicted octanol–water partition coefficient (Wildman–Crippen LogP) is 3.39. The van der Waals surface area contributed by atoms with Crippen molar-refractivity contribution in [3.8, 4) is 0 Å². The van der Waals surface area contributed by atoms with Crippen LogP contribution in [0.3, 0.4) is 0 Å². The average molecular weight is 262 g/mol. The van der Waals surface area contributed by atoms with Gasteiger partial charge in [0, 0.05) is 18.7 Å². The summed E-state index contributed by atoms with van der Waals surface area (Å²) in [5.41, 5.74) is 1.54. The van der Waals surface area contributed by atoms with Crippen LogP contribution in [0.2, 0.25) is 5.15 Å². The van der Waals surface area contributed by atoms with Gasteiger partial charge in [-0.2, -0.15) is 0 Å². The van der Waals surface area contributed by atoms with E-state index in [1.807, 2.05) is 30.3 Å². The third-order valence-corrected chi connectivity index (χ3v) is 2.77. The molecule has 0 radical (unpaired) electrons. The Hall–Kier alpha value is -1.87. The topological polar surface area (TPSA) is 39.2 Å². The zero-order valence-corrected chi connectivity index (χ0v) is 10.6. The highest BCUT2D eigenvalue weighted by atomic mass is 35.5. The summed E-state index contributed by atoms with van der Waals surface area (Å²) in [5, 5.41) is 0.340. The van der Waals surface area contributed by atoms with Crippen molar-refractivity contribution in [1.82, 2.24) is 4.98 Å². The van der Waals surface area contributed by atoms with E-state index in [2.05, 4.69) is 4.98 Å². The Labute approximate surface area is 110 Å². The highest BCUT2D eigenvalue weighted by Gasteiger charge is 2.20. The molecule has 0 bridgehead atoms. The standard InChI is InChI=1S/C14H12ClNO2/c1-10(17)18-13(11-6-3-2-4-7-11)12-8-5-9-16-14(12)15/h2-9,13H,1H3. The fourth-order valence-electron chi connectivity index (χ4n) is 1.70. The van der Waals surface area contributed by atoms with Crippen molar-refractivity contribution >= 4 is 17.6 Å². The van der Waals surface area contributed by atoms with Crippen molar-refractivity contribution in [2.24, 2.45) is 0 Å². The fraction of sp³-hybridized carbons (Fsp3) is 0.143. The highest BCUT2D eigenvalue weighted by molar-refractivity contribution is 6.30. The number of rotatable bonds is 3. The quantitative estimate of drug-likeness (QED) is 0.628. The minimum Gasteiger partial charge on any atom is -0.453 e. The van der Waals surface area contributed by atoms with E-state index in [1.165, 1.54) is 6.92 Å². The molecule has 1 aromatic carbocycles. The summed E-state index contributed by atoms with van der Waals surface area (Å²) < 4.78 is 5.34. The average Bonchev–Trinajstić information content (AvgIpc) is 2.38. The number of pyridine rings is 1. The van der Waals surface area contributed by atoms with Crippen molar-refractivity contribution in [3.63, 3.8) is 0 Å². The van der Waals surface area contributed by atoms with Crippen molar-refractivity contribution < 1.29 is 9.53 Å². The minimum absolute atomic E-state index is 0.340. The molecule has 0 saturated carbocycles. The first-order chi connectivity index (χ1) is 8.68. The number of benzene rings is 1. The summed E-state index contributed by atoms with van der Waals surface area (Å²) in [6.45, 7) is 1.38. The molecule has 0 aliphatic rings. The van der Waals surface area contributed by atoms with E-state index in [0.717, 1.165) is 5.56 Å². The van der Waals surface area contributed by atoms with Gasteiger partial charge in [-0.15, -0.1) is 0 Å². The number of hydrogen-bond donors (Lipinski definition) is 0. The Balaban J connectivity index is 2.44. The van der Waals surface area contributed by atoms with Crippen molar-refractivity contribution in [2.45, 2.75) is 13.0 Å². The molecular weight excluding hydrogens is 250 g/mol. The summed E-state index contributed by atoms with van der Waals surface area (Å²) in [7, 11) is 0. The smallest absolute Gasteiger partial charge is 0.303 e. The van der Waals surface area contributed by atoms with Crippen LogP contribution in [0.4, 0.5) is 0 Å². The lowest BCUT2D eigenvalue weighted by molar-refractivity contribution is -0.144. The van der Waals surface area contributed by atoms with Gasteiger partial charge in [-0.3, -0.25) is 4.79 Å². The third kappa shape index (κ3) is 2.87. The second kappa shape index (κ2) is 5.65. The molecule has 1 unspecified atom stereocenters. The Morgan fingerprint density at radius 2 is 1.94 bits per heavy atom. The van der Waals surface area contributed by atoms with Gasteiger partial charge in [-0.25, -0.2) is 4.98 Å². The van der Waals surface area contributed by atoms with E-state index < -0.39 is 6.10 Å². The number of esters is 1. The molecule has 18 heavy (non-hydrogen) atoms. The van der Waals surface area contributed by atoms with Gasteiger partial charge in [0.15, 0.2) is 6.10 Å². The number of hydrogen-bond acceptors (Lipinski definition) is 3. The van der Waals surface area contributed by atoms with Gasteiger partial charge in [0.05, 0.1) is 0 Å². The Morgan fingerprint density at radius 1 is 1.22 bits per heavy atom. The number of aromatic nitrogens is 1. The van der Waals surface area contributed by atoms with E-state index in [0.29, 0.717) is 10.7 Å². The lowest BCUT2D eigenvalue weighted by atomic mass is 10.0. The number of carbonyl (C=O) groups excluding carboxylic acids is 1. The molecule has 0 aliphatic heterocycles. The monoisotopic (exact) mass is 261 g/mol. The molecule has 2 rings (SSSR count). The maximum absolute atomic E-state index is 11.2. The van der Waals surface area contributed by atoms with Gasteiger partial charge in [-0.05, 0) is 11.6 Å². The van der Waals surface area contributed by atoms with Gasteiger partial charge in [0.2, 0.25) is 0 Å². The van der Waals surface area contributed by atoms with Crippen LogP contribution in [0.5, 0.6) is 0 Å². The number of nitrogens with zero attached hydrogens (tertiary/aromatic N) is 1. The maximum Gasteiger partial charge on any atom is 0.303 e. The molecule has 0 aliphatic carbocycles. The number of carbonyl (C=O) groups is 1. The normalized spacial score (nSPS) is 11.9. The molecular formula is C14H12ClNO2. The largest absolute Gasteiger partial charge is 0.453 e. The van der Waals surface area contributed by atoms with Crippen LogP contribution in [-0.2, 0) is 9.53 Å². The van der Waals surface area contributed by atoms with Crippen LogP contribution in [-0.4, -0.2) is 11.0 Å². The Kier molecular flexibility index (Phi) is 3.95. The molecule has 1 aromatic heterocycles. The molecule has 92 valence electrons. The summed E-state index contributed by atoms with van der Waals surface area (Å²) in [6, 6.07) is 13.0. The summed E-state index contributed by atoms with van der Waals surface area (Å²) in [6.07, 6.45) is 1.08. The Bertz CT molecular complexity index is 543. The first kappa shape index (κ1) is 12.6. The minimum atomic E-state index is -0.523. The number of ether oxygens (including phenoxy) is 1. The maximum atomic E-state index is 11.2. The van der Waals surface area contributed by atoms with E-state index in [4.69, 9.17) is 16.3 Å². The van der Waals surface area contributed by atoms with Crippen LogP contribution in [0.15, 0.2) is 48.7 Å². The van der Waals surface area contributed by atoms with Crippen LogP contribution in [0.1, 0.15) is 24.2 Å². The van der Waals surface area contributed by atoms with E-state index in [9.17, 15) is 4.79 Å². The van der Waals surface area contributed by atoms with E-state index in [1.54, 1.807) is 18.3 Å². The number of halogens is 1. The molecule has 4 heteroatoms. The second-order valence-corrected chi connectivity index (χ2v) is 4.14. The summed E-state index contributed by atoms with van der Waals surface area (Å²) >= 11 is 6.05. The highest BCUT2D eigenvalue weighted by Crippen LogP contribution is 2.29. The van der Waals surface area contributed by atoms with Gasteiger partial charge >= 0.3 is 5.97 Å². The third-order valence-electron chi connectivity index (χ3n) is 2.46. The molecule has 2 aromatic rings. The second-order valence-electron chi connectivity index (χ2n) is 3.78.